The molecule has 0 radical (unpaired) electrons. The van der Waals surface area contributed by atoms with Crippen molar-refractivity contribution in [3.63, 3.8) is 0 Å². The first-order valence-corrected chi connectivity index (χ1v) is 12.0. The van der Waals surface area contributed by atoms with Crippen molar-refractivity contribution in [1.82, 2.24) is 0 Å². The molecule has 1 rings (SSSR count). The fraction of sp³-hybridized carbons (Fsp3) is 0.462. The number of unbranched alkanes of at least 4 members (excludes halogenated alkanes) is 1. The summed E-state index contributed by atoms with van der Waals surface area (Å²) in [6, 6.07) is 4.29. The number of rotatable bonds is 9. The Morgan fingerprint density at radius 3 is 2.55 bits per heavy atom. The molecule has 0 heterocycles. The molecule has 122 valence electrons. The topological polar surface area (TPSA) is 69.4 Å². The van der Waals surface area contributed by atoms with E-state index in [9.17, 15) is 14.9 Å². The fourth-order valence-electron chi connectivity index (χ4n) is 1.84. The molecular weight excluding hydrogens is 369 g/mol. The van der Waals surface area contributed by atoms with E-state index >= 15 is 0 Å². The Kier molecular flexibility index (Phi) is 8.17. The summed E-state index contributed by atoms with van der Waals surface area (Å²) in [4.78, 5) is 21.9. The second-order valence-electron chi connectivity index (χ2n) is 4.68. The number of ether oxygens (including phenoxy) is 1. The quantitative estimate of drug-likeness (QED) is 0.157. The average molecular weight is 385 g/mol. The van der Waals surface area contributed by atoms with Gasteiger partial charge >= 0.3 is 12.0 Å². The van der Waals surface area contributed by atoms with Gasteiger partial charge in [0.1, 0.15) is 0 Å². The number of hydrogen-bond acceptors (Lipinski definition) is 4. The van der Waals surface area contributed by atoms with Crippen LogP contribution in [0, 0.1) is 10.1 Å². The van der Waals surface area contributed by atoms with Gasteiger partial charge in [0, 0.05) is 24.5 Å². The predicted molar refractivity (Wildman–Crippen MR) is 89.7 cm³/mol. The summed E-state index contributed by atoms with van der Waals surface area (Å²) in [5.41, 5.74) is 0.577. The van der Waals surface area contributed by atoms with Crippen molar-refractivity contribution >= 4 is 50.9 Å². The van der Waals surface area contributed by atoms with Gasteiger partial charge in [-0.2, -0.15) is 0 Å². The summed E-state index contributed by atoms with van der Waals surface area (Å²) in [5.74, 6) is -0.343. The number of carbonyl (C=O) groups is 1. The first-order chi connectivity index (χ1) is 10.3. The Bertz CT molecular complexity index is 522. The normalized spacial score (nSPS) is 11.2. The van der Waals surface area contributed by atoms with Crippen LogP contribution in [0.5, 0.6) is 0 Å². The van der Waals surface area contributed by atoms with Crippen molar-refractivity contribution in [2.45, 2.75) is 31.7 Å². The highest BCUT2D eigenvalue weighted by Crippen LogP contribution is 2.27. The van der Waals surface area contributed by atoms with Crippen LogP contribution in [0.4, 0.5) is 5.69 Å². The monoisotopic (exact) mass is 383 g/mol. The number of carbonyl (C=O) groups excluding carboxylic acids is 1. The lowest BCUT2D eigenvalue weighted by Gasteiger charge is -2.07. The van der Waals surface area contributed by atoms with E-state index in [1.54, 1.807) is 18.2 Å². The average Bonchev–Trinajstić information content (AvgIpc) is 2.43. The Morgan fingerprint density at radius 1 is 1.23 bits per heavy atom. The van der Waals surface area contributed by atoms with Gasteiger partial charge in [-0.15, -0.1) is 33.2 Å². The molecule has 0 fully saturated rings. The van der Waals surface area contributed by atoms with E-state index in [4.69, 9.17) is 38.0 Å². The van der Waals surface area contributed by atoms with Gasteiger partial charge in [0.05, 0.1) is 11.5 Å². The molecule has 1 aromatic rings. The zero-order valence-electron chi connectivity index (χ0n) is 11.8. The summed E-state index contributed by atoms with van der Waals surface area (Å²) >= 11 is 17.2. The molecule has 0 N–H and O–H groups in total. The van der Waals surface area contributed by atoms with Crippen LogP contribution in [0.3, 0.4) is 0 Å². The number of hydrogen-bond donors (Lipinski definition) is 0. The van der Waals surface area contributed by atoms with Crippen LogP contribution in [-0.4, -0.2) is 23.5 Å². The van der Waals surface area contributed by atoms with Crippen LogP contribution < -0.4 is 0 Å². The van der Waals surface area contributed by atoms with Crippen molar-refractivity contribution in [2.24, 2.45) is 0 Å². The van der Waals surface area contributed by atoms with E-state index in [1.807, 2.05) is 0 Å². The first-order valence-electron chi connectivity index (χ1n) is 6.74. The molecule has 0 unspecified atom stereocenters. The van der Waals surface area contributed by atoms with Crippen LogP contribution in [0.1, 0.15) is 24.8 Å². The van der Waals surface area contributed by atoms with Crippen LogP contribution >= 0.6 is 33.2 Å². The Balaban J connectivity index is 2.27. The number of nitrogens with zero attached hydrogens (tertiary/aromatic N) is 1. The molecule has 0 aromatic heterocycles. The lowest BCUT2D eigenvalue weighted by atomic mass is 10.1. The van der Waals surface area contributed by atoms with Crippen LogP contribution in [0.25, 0.3) is 0 Å². The highest BCUT2D eigenvalue weighted by Gasteiger charge is 2.23. The molecule has 0 spiro atoms. The number of para-hydroxylation sites is 1. The number of esters is 1. The highest BCUT2D eigenvalue weighted by molar-refractivity contribution is 7.64. The molecule has 0 aliphatic rings. The molecule has 22 heavy (non-hydrogen) atoms. The fourth-order valence-corrected chi connectivity index (χ4v) is 3.70. The largest absolute Gasteiger partial charge is 0.465 e. The third-order valence-electron chi connectivity index (χ3n) is 2.91. The van der Waals surface area contributed by atoms with Gasteiger partial charge in [-0.1, -0.05) is 24.6 Å². The van der Waals surface area contributed by atoms with Gasteiger partial charge < -0.3 is 4.74 Å². The van der Waals surface area contributed by atoms with E-state index < -0.39 is 10.9 Å². The number of benzene rings is 1. The summed E-state index contributed by atoms with van der Waals surface area (Å²) in [6.07, 6.45) is 1.84. The molecule has 0 atom stereocenters. The van der Waals surface area contributed by atoms with Gasteiger partial charge in [0.15, 0.2) is 0 Å². The summed E-state index contributed by atoms with van der Waals surface area (Å²) < 4.78 is 5.06. The van der Waals surface area contributed by atoms with Crippen LogP contribution in [0.2, 0.25) is 6.04 Å². The third kappa shape index (κ3) is 7.98. The van der Waals surface area contributed by atoms with E-state index in [2.05, 4.69) is 0 Å². The minimum atomic E-state index is -2.62. The predicted octanol–water partition coefficient (Wildman–Crippen LogP) is 4.51. The summed E-state index contributed by atoms with van der Waals surface area (Å²) in [6.45, 7) is 0.114. The second-order valence-corrected chi connectivity index (χ2v) is 14.0. The van der Waals surface area contributed by atoms with Crippen LogP contribution in [-0.2, 0) is 16.0 Å². The SMILES string of the molecule is O=C(CCCC[Si](Cl)(Cl)Cl)OCCc1ccccc1[N+](=O)[O-]. The number of halogens is 3. The van der Waals surface area contributed by atoms with Crippen molar-refractivity contribution in [3.8, 4) is 0 Å². The first kappa shape index (κ1) is 19.2. The molecular formula is C13H16Cl3NO4Si. The maximum absolute atomic E-state index is 11.5. The Labute approximate surface area is 143 Å². The zero-order chi connectivity index (χ0) is 16.6. The van der Waals surface area contributed by atoms with Crippen LogP contribution in [0.15, 0.2) is 24.3 Å². The van der Waals surface area contributed by atoms with Gasteiger partial charge in [-0.05, 0) is 12.5 Å². The minimum absolute atomic E-state index is 0.0335. The maximum atomic E-state index is 11.5. The maximum Gasteiger partial charge on any atom is 0.341 e. The molecule has 0 amide bonds. The second kappa shape index (κ2) is 9.35. The van der Waals surface area contributed by atoms with E-state index in [-0.39, 0.29) is 24.7 Å². The standard InChI is InChI=1S/C13H16Cl3NO4Si/c14-22(15,16)10-4-3-7-13(18)21-9-8-11-5-1-2-6-12(11)17(19)20/h1-2,5-6H,3-4,7-10H2. The lowest BCUT2D eigenvalue weighted by Crippen LogP contribution is -2.10. The molecule has 1 aromatic carbocycles. The van der Waals surface area contributed by atoms with Crippen molar-refractivity contribution in [1.29, 1.82) is 0 Å². The highest BCUT2D eigenvalue weighted by atomic mass is 35.8. The molecule has 0 aliphatic heterocycles. The molecule has 0 saturated carbocycles. The Morgan fingerprint density at radius 2 is 1.91 bits per heavy atom. The number of nitro groups is 1. The van der Waals surface area contributed by atoms with Gasteiger partial charge in [0.25, 0.3) is 5.69 Å². The minimum Gasteiger partial charge on any atom is -0.465 e. The summed E-state index contributed by atoms with van der Waals surface area (Å²) in [5, 5.41) is 10.8. The zero-order valence-corrected chi connectivity index (χ0v) is 15.0. The molecule has 0 bridgehead atoms. The molecule has 5 nitrogen and oxygen atoms in total. The Hall–Kier alpha value is -0.823. The lowest BCUT2D eigenvalue weighted by molar-refractivity contribution is -0.385. The molecule has 0 saturated heterocycles. The van der Waals surface area contributed by atoms with Gasteiger partial charge in [0.2, 0.25) is 0 Å². The van der Waals surface area contributed by atoms with E-state index in [0.29, 0.717) is 30.9 Å². The van der Waals surface area contributed by atoms with E-state index in [1.165, 1.54) is 6.07 Å². The third-order valence-corrected chi connectivity index (χ3v) is 5.54. The smallest absolute Gasteiger partial charge is 0.341 e. The van der Waals surface area contributed by atoms with Crippen molar-refractivity contribution < 1.29 is 14.5 Å². The molecule has 9 heteroatoms. The van der Waals surface area contributed by atoms with Gasteiger partial charge in [-0.3, -0.25) is 14.9 Å². The van der Waals surface area contributed by atoms with Crippen molar-refractivity contribution in [2.75, 3.05) is 6.61 Å². The van der Waals surface area contributed by atoms with Crippen molar-refractivity contribution in [3.05, 3.63) is 39.9 Å². The molecule has 0 aliphatic carbocycles. The van der Waals surface area contributed by atoms with E-state index in [0.717, 1.165) is 0 Å². The number of nitro benzene ring substituents is 1. The van der Waals surface area contributed by atoms with Gasteiger partial charge in [-0.25, -0.2) is 0 Å². The summed E-state index contributed by atoms with van der Waals surface area (Å²) in [7, 11) is 0.